The zero-order chi connectivity index (χ0) is 13.3. The van der Waals surface area contributed by atoms with Gasteiger partial charge in [0.05, 0.1) is 17.9 Å². The number of carbonyl (C=O) groups excluding carboxylic acids is 1. The number of nitrogens with zero attached hydrogens (tertiary/aromatic N) is 1. The highest BCUT2D eigenvalue weighted by molar-refractivity contribution is 7.13. The van der Waals surface area contributed by atoms with Crippen LogP contribution in [-0.4, -0.2) is 22.5 Å². The highest BCUT2D eigenvalue weighted by Crippen LogP contribution is 2.31. The van der Waals surface area contributed by atoms with Crippen molar-refractivity contribution in [3.8, 4) is 11.3 Å². The Balaban J connectivity index is 2.56. The van der Waals surface area contributed by atoms with Crippen molar-refractivity contribution in [3.05, 3.63) is 22.3 Å². The molecule has 0 fully saturated rings. The van der Waals surface area contributed by atoms with E-state index < -0.39 is 0 Å². The first-order valence-electron chi connectivity index (χ1n) is 5.62. The van der Waals surface area contributed by atoms with Gasteiger partial charge in [-0.05, 0) is 20.8 Å². The Hall–Kier alpha value is -1.82. The van der Waals surface area contributed by atoms with E-state index in [1.165, 1.54) is 11.3 Å². The van der Waals surface area contributed by atoms with Gasteiger partial charge >= 0.3 is 5.97 Å². The number of nitrogens with one attached hydrogen (secondary N) is 1. The molecule has 0 aliphatic rings. The van der Waals surface area contributed by atoms with Crippen LogP contribution >= 0.6 is 11.3 Å². The quantitative estimate of drug-likeness (QED) is 0.835. The second-order valence-electron chi connectivity index (χ2n) is 3.92. The molecule has 0 saturated carbocycles. The molecule has 96 valence electrons. The van der Waals surface area contributed by atoms with Gasteiger partial charge in [-0.15, -0.1) is 11.3 Å². The lowest BCUT2D eigenvalue weighted by Gasteiger charge is -2.04. The Bertz CT molecular complexity index is 586. The monoisotopic (exact) mass is 265 g/mol. The maximum Gasteiger partial charge on any atom is 0.340 e. The number of hydrogen-bond donors (Lipinski definition) is 2. The van der Waals surface area contributed by atoms with E-state index in [1.54, 1.807) is 6.92 Å². The summed E-state index contributed by atoms with van der Waals surface area (Å²) >= 11 is 1.35. The van der Waals surface area contributed by atoms with Gasteiger partial charge in [0.15, 0.2) is 5.13 Å². The Kier molecular flexibility index (Phi) is 3.38. The first kappa shape index (κ1) is 12.6. The number of esters is 1. The normalized spacial score (nSPS) is 10.6. The number of aromatic nitrogens is 2. The summed E-state index contributed by atoms with van der Waals surface area (Å²) in [4.78, 5) is 19.4. The predicted octanol–water partition coefficient (Wildman–Crippen LogP) is 2.51. The summed E-state index contributed by atoms with van der Waals surface area (Å²) < 4.78 is 5.08. The Morgan fingerprint density at radius 2 is 2.22 bits per heavy atom. The minimum Gasteiger partial charge on any atom is -0.462 e. The molecule has 6 heteroatoms. The summed E-state index contributed by atoms with van der Waals surface area (Å²) in [7, 11) is 0. The summed E-state index contributed by atoms with van der Waals surface area (Å²) in [5.74, 6) is -0.332. The van der Waals surface area contributed by atoms with Crippen molar-refractivity contribution in [1.82, 2.24) is 9.97 Å². The van der Waals surface area contributed by atoms with Crippen molar-refractivity contribution in [2.24, 2.45) is 0 Å². The van der Waals surface area contributed by atoms with Gasteiger partial charge in [0.1, 0.15) is 0 Å². The number of rotatable bonds is 3. The molecular weight excluding hydrogens is 250 g/mol. The molecule has 0 amide bonds. The molecule has 0 spiro atoms. The van der Waals surface area contributed by atoms with Gasteiger partial charge in [0.2, 0.25) is 0 Å². The van der Waals surface area contributed by atoms with Crippen molar-refractivity contribution in [2.45, 2.75) is 20.8 Å². The number of aryl methyl sites for hydroxylation is 2. The van der Waals surface area contributed by atoms with Crippen molar-refractivity contribution in [1.29, 1.82) is 0 Å². The van der Waals surface area contributed by atoms with Crippen LogP contribution in [0.3, 0.4) is 0 Å². The summed E-state index contributed by atoms with van der Waals surface area (Å²) in [5.41, 5.74) is 9.34. The van der Waals surface area contributed by atoms with E-state index in [0.29, 0.717) is 23.0 Å². The van der Waals surface area contributed by atoms with Crippen LogP contribution in [0.4, 0.5) is 5.13 Å². The van der Waals surface area contributed by atoms with Crippen LogP contribution in [-0.2, 0) is 4.74 Å². The molecule has 0 aromatic carbocycles. The Morgan fingerprint density at radius 3 is 2.78 bits per heavy atom. The predicted molar refractivity (Wildman–Crippen MR) is 71.7 cm³/mol. The number of aromatic amines is 1. The molecule has 18 heavy (non-hydrogen) atoms. The summed E-state index contributed by atoms with van der Waals surface area (Å²) in [6.45, 7) is 5.88. The SMILES string of the molecule is CCOC(=O)c1c(C)[nH]c(C)c1-c1csc(N)n1. The van der Waals surface area contributed by atoms with Crippen LogP contribution in [0, 0.1) is 13.8 Å². The van der Waals surface area contributed by atoms with Crippen LogP contribution in [0.2, 0.25) is 0 Å². The van der Waals surface area contributed by atoms with Crippen molar-refractivity contribution >= 4 is 22.4 Å². The number of anilines is 1. The van der Waals surface area contributed by atoms with Crippen molar-refractivity contribution < 1.29 is 9.53 Å². The molecular formula is C12H15N3O2S. The second kappa shape index (κ2) is 4.81. The van der Waals surface area contributed by atoms with E-state index >= 15 is 0 Å². The van der Waals surface area contributed by atoms with Crippen molar-refractivity contribution in [2.75, 3.05) is 12.3 Å². The lowest BCUT2D eigenvalue weighted by molar-refractivity contribution is 0.0526. The molecule has 3 N–H and O–H groups in total. The first-order valence-corrected chi connectivity index (χ1v) is 6.50. The van der Waals surface area contributed by atoms with Crippen LogP contribution in [0.25, 0.3) is 11.3 Å². The smallest absolute Gasteiger partial charge is 0.340 e. The zero-order valence-corrected chi connectivity index (χ0v) is 11.4. The fourth-order valence-electron chi connectivity index (χ4n) is 1.96. The van der Waals surface area contributed by atoms with Crippen LogP contribution < -0.4 is 5.73 Å². The molecule has 2 aromatic heterocycles. The zero-order valence-electron chi connectivity index (χ0n) is 10.5. The number of thiazole rings is 1. The number of ether oxygens (including phenoxy) is 1. The van der Waals surface area contributed by atoms with E-state index in [2.05, 4.69) is 9.97 Å². The third kappa shape index (κ3) is 2.11. The number of carbonyl (C=O) groups is 1. The number of nitrogens with two attached hydrogens (primary N) is 1. The lowest BCUT2D eigenvalue weighted by atomic mass is 10.1. The van der Waals surface area contributed by atoms with E-state index in [0.717, 1.165) is 17.0 Å². The first-order chi connectivity index (χ1) is 8.54. The van der Waals surface area contributed by atoms with E-state index in [-0.39, 0.29) is 5.97 Å². The van der Waals surface area contributed by atoms with Crippen molar-refractivity contribution in [3.63, 3.8) is 0 Å². The summed E-state index contributed by atoms with van der Waals surface area (Å²) in [6.07, 6.45) is 0. The van der Waals surface area contributed by atoms with Gasteiger partial charge in [-0.1, -0.05) is 0 Å². The highest BCUT2D eigenvalue weighted by Gasteiger charge is 2.22. The highest BCUT2D eigenvalue weighted by atomic mass is 32.1. The Labute approximate surface area is 109 Å². The molecule has 2 rings (SSSR count). The van der Waals surface area contributed by atoms with Gasteiger partial charge in [-0.25, -0.2) is 9.78 Å². The summed E-state index contributed by atoms with van der Waals surface area (Å²) in [6, 6.07) is 0. The molecule has 0 aliphatic carbocycles. The minimum absolute atomic E-state index is 0.332. The molecule has 0 saturated heterocycles. The van der Waals surface area contributed by atoms with Gasteiger partial charge in [-0.3, -0.25) is 0 Å². The van der Waals surface area contributed by atoms with Crippen LogP contribution in [0.5, 0.6) is 0 Å². The molecule has 5 nitrogen and oxygen atoms in total. The minimum atomic E-state index is -0.332. The third-order valence-electron chi connectivity index (χ3n) is 2.63. The molecule has 0 bridgehead atoms. The standard InChI is InChI=1S/C12H15N3O2S/c1-4-17-11(16)10-7(3)14-6(2)9(10)8-5-18-12(13)15-8/h5,14H,4H2,1-3H3,(H2,13,15). The van der Waals surface area contributed by atoms with Gasteiger partial charge in [-0.2, -0.15) is 0 Å². The average molecular weight is 265 g/mol. The van der Waals surface area contributed by atoms with Crippen LogP contribution in [0.15, 0.2) is 5.38 Å². The lowest BCUT2D eigenvalue weighted by Crippen LogP contribution is -2.06. The maximum atomic E-state index is 12.0. The maximum absolute atomic E-state index is 12.0. The fraction of sp³-hybridized carbons (Fsp3) is 0.333. The van der Waals surface area contributed by atoms with E-state index in [9.17, 15) is 4.79 Å². The molecule has 0 atom stereocenters. The van der Waals surface area contributed by atoms with Gasteiger partial charge < -0.3 is 15.5 Å². The van der Waals surface area contributed by atoms with Crippen LogP contribution in [0.1, 0.15) is 28.7 Å². The Morgan fingerprint density at radius 1 is 1.50 bits per heavy atom. The summed E-state index contributed by atoms with van der Waals surface area (Å²) in [5, 5.41) is 2.33. The van der Waals surface area contributed by atoms with E-state index in [4.69, 9.17) is 10.5 Å². The number of nitrogen functional groups attached to an aromatic ring is 1. The molecule has 0 aliphatic heterocycles. The van der Waals surface area contributed by atoms with E-state index in [1.807, 2.05) is 19.2 Å². The molecule has 2 heterocycles. The molecule has 2 aromatic rings. The largest absolute Gasteiger partial charge is 0.462 e. The van der Waals surface area contributed by atoms with Gasteiger partial charge in [0, 0.05) is 22.3 Å². The van der Waals surface area contributed by atoms with Gasteiger partial charge in [0.25, 0.3) is 0 Å². The fourth-order valence-corrected chi connectivity index (χ4v) is 2.52. The average Bonchev–Trinajstić information content (AvgIpc) is 2.82. The molecule has 0 radical (unpaired) electrons. The molecule has 0 unspecified atom stereocenters. The third-order valence-corrected chi connectivity index (χ3v) is 3.31. The number of hydrogen-bond acceptors (Lipinski definition) is 5. The second-order valence-corrected chi connectivity index (χ2v) is 4.81. The number of H-pyrrole nitrogens is 1. The topological polar surface area (TPSA) is 81.0 Å².